The van der Waals surface area contributed by atoms with Crippen LogP contribution in [0.2, 0.25) is 0 Å². The van der Waals surface area contributed by atoms with Crippen molar-refractivity contribution in [2.24, 2.45) is 0 Å². The Bertz CT molecular complexity index is 1240. The fourth-order valence-corrected chi connectivity index (χ4v) is 5.61. The fraction of sp³-hybridized carbons (Fsp3) is 0.596. The smallest absolute Gasteiger partial charge is 0.306 e. The summed E-state index contributed by atoms with van der Waals surface area (Å²) in [7, 11) is 0. The summed E-state index contributed by atoms with van der Waals surface area (Å²) in [6, 6.07) is 0. The van der Waals surface area contributed by atoms with Gasteiger partial charge in [-0.05, 0) is 109 Å². The van der Waals surface area contributed by atoms with E-state index in [0.717, 1.165) is 103 Å². The molecule has 6 nitrogen and oxygen atoms in total. The van der Waals surface area contributed by atoms with Crippen LogP contribution in [0.4, 0.5) is 0 Å². The van der Waals surface area contributed by atoms with Crippen molar-refractivity contribution in [1.82, 2.24) is 0 Å². The topological polar surface area (TPSA) is 78.9 Å². The zero-order chi connectivity index (χ0) is 42.3. The zero-order valence-electron chi connectivity index (χ0n) is 37.0. The van der Waals surface area contributed by atoms with E-state index < -0.39 is 6.10 Å². The average Bonchev–Trinajstić information content (AvgIpc) is 3.22. The quantitative estimate of drug-likeness (QED) is 0.0267. The van der Waals surface area contributed by atoms with Crippen LogP contribution in [0.3, 0.4) is 0 Å². The number of hydrogen-bond donors (Lipinski definition) is 0. The van der Waals surface area contributed by atoms with Crippen LogP contribution in [0.1, 0.15) is 181 Å². The van der Waals surface area contributed by atoms with E-state index in [4.69, 9.17) is 14.2 Å². The molecule has 0 aromatic heterocycles. The molecule has 0 bridgehead atoms. The van der Waals surface area contributed by atoms with E-state index in [-0.39, 0.29) is 37.5 Å². The lowest BCUT2D eigenvalue weighted by Crippen LogP contribution is -2.30. The number of unbranched alkanes of at least 4 members (excludes halogenated alkanes) is 10. The Morgan fingerprint density at radius 3 is 1.21 bits per heavy atom. The van der Waals surface area contributed by atoms with Crippen molar-refractivity contribution in [3.05, 3.63) is 109 Å². The first-order valence-electron chi connectivity index (χ1n) is 22.9. The number of allylic oxidation sites excluding steroid dienone is 18. The molecule has 0 aliphatic carbocycles. The first-order chi connectivity index (χ1) is 28.5. The third-order valence-electron chi connectivity index (χ3n) is 9.01. The second-order valence-electron chi connectivity index (χ2n) is 14.5. The Kier molecular flexibility index (Phi) is 42.7. The molecule has 0 N–H and O–H groups in total. The van der Waals surface area contributed by atoms with Gasteiger partial charge in [-0.2, -0.15) is 0 Å². The minimum atomic E-state index is -0.825. The van der Waals surface area contributed by atoms with Crippen molar-refractivity contribution in [3.8, 4) is 0 Å². The molecule has 0 heterocycles. The second kappa shape index (κ2) is 45.8. The Morgan fingerprint density at radius 2 is 0.707 bits per heavy atom. The van der Waals surface area contributed by atoms with E-state index in [1.165, 1.54) is 32.1 Å². The van der Waals surface area contributed by atoms with Crippen LogP contribution in [0, 0.1) is 0 Å². The average molecular weight is 803 g/mol. The Balaban J connectivity index is 4.52. The molecule has 0 rings (SSSR count). The lowest BCUT2D eigenvalue weighted by atomic mass is 10.1. The highest BCUT2D eigenvalue weighted by molar-refractivity contribution is 5.71. The van der Waals surface area contributed by atoms with Crippen molar-refractivity contribution in [2.45, 2.75) is 187 Å². The fourth-order valence-electron chi connectivity index (χ4n) is 5.61. The SMILES string of the molecule is CC/C=C\C/C=C\C/C=C\C/C=C\C/C=C\C/C=C\CCC(=O)OCC(COC(=O)CCCC/C=C\C/C=C\CC)OC(=O)CCCCCCC/C=C\CCCCC. The molecule has 0 spiro atoms. The van der Waals surface area contributed by atoms with Crippen molar-refractivity contribution in [3.63, 3.8) is 0 Å². The molecule has 0 saturated heterocycles. The molecule has 0 aromatic rings. The van der Waals surface area contributed by atoms with Gasteiger partial charge in [-0.15, -0.1) is 0 Å². The molecule has 0 aliphatic heterocycles. The van der Waals surface area contributed by atoms with E-state index >= 15 is 0 Å². The van der Waals surface area contributed by atoms with Gasteiger partial charge in [-0.3, -0.25) is 14.4 Å². The highest BCUT2D eigenvalue weighted by Gasteiger charge is 2.19. The highest BCUT2D eigenvalue weighted by atomic mass is 16.6. The molecule has 0 amide bonds. The maximum atomic E-state index is 12.7. The van der Waals surface area contributed by atoms with Crippen LogP contribution in [-0.4, -0.2) is 37.2 Å². The Morgan fingerprint density at radius 1 is 0.362 bits per heavy atom. The number of ether oxygens (including phenoxy) is 3. The van der Waals surface area contributed by atoms with E-state index in [0.29, 0.717) is 19.3 Å². The largest absolute Gasteiger partial charge is 0.462 e. The lowest BCUT2D eigenvalue weighted by Gasteiger charge is -2.18. The van der Waals surface area contributed by atoms with Gasteiger partial charge in [0, 0.05) is 19.3 Å². The third kappa shape index (κ3) is 43.2. The molecule has 1 unspecified atom stereocenters. The van der Waals surface area contributed by atoms with Gasteiger partial charge in [-0.1, -0.05) is 162 Å². The van der Waals surface area contributed by atoms with Crippen LogP contribution in [0.5, 0.6) is 0 Å². The molecule has 326 valence electrons. The molecular formula is C52H82O6. The summed E-state index contributed by atoms with van der Waals surface area (Å²) in [6.07, 6.45) is 61.0. The van der Waals surface area contributed by atoms with Crippen LogP contribution in [0.25, 0.3) is 0 Å². The number of hydrogen-bond acceptors (Lipinski definition) is 6. The molecule has 6 heteroatoms. The normalized spacial score (nSPS) is 13.1. The van der Waals surface area contributed by atoms with Gasteiger partial charge in [0.2, 0.25) is 0 Å². The maximum Gasteiger partial charge on any atom is 0.306 e. The van der Waals surface area contributed by atoms with Gasteiger partial charge in [0.05, 0.1) is 0 Å². The summed E-state index contributed by atoms with van der Waals surface area (Å²) in [5, 5.41) is 0. The van der Waals surface area contributed by atoms with Crippen LogP contribution < -0.4 is 0 Å². The maximum absolute atomic E-state index is 12.7. The van der Waals surface area contributed by atoms with Gasteiger partial charge < -0.3 is 14.2 Å². The van der Waals surface area contributed by atoms with Crippen molar-refractivity contribution >= 4 is 17.9 Å². The van der Waals surface area contributed by atoms with Crippen LogP contribution in [-0.2, 0) is 28.6 Å². The summed E-state index contributed by atoms with van der Waals surface area (Å²) in [5.41, 5.74) is 0. The summed E-state index contributed by atoms with van der Waals surface area (Å²) in [6.45, 7) is 6.23. The molecule has 0 fully saturated rings. The number of carbonyl (C=O) groups excluding carboxylic acids is 3. The third-order valence-corrected chi connectivity index (χ3v) is 9.01. The van der Waals surface area contributed by atoms with Gasteiger partial charge in [0.15, 0.2) is 6.10 Å². The van der Waals surface area contributed by atoms with Gasteiger partial charge in [0.25, 0.3) is 0 Å². The molecule has 0 aromatic carbocycles. The summed E-state index contributed by atoms with van der Waals surface area (Å²) < 4.78 is 16.6. The van der Waals surface area contributed by atoms with E-state index in [1.54, 1.807) is 0 Å². The van der Waals surface area contributed by atoms with Gasteiger partial charge in [-0.25, -0.2) is 0 Å². The summed E-state index contributed by atoms with van der Waals surface area (Å²) >= 11 is 0. The monoisotopic (exact) mass is 803 g/mol. The predicted molar refractivity (Wildman–Crippen MR) is 247 cm³/mol. The molecule has 0 aliphatic rings. The van der Waals surface area contributed by atoms with Gasteiger partial charge in [0.1, 0.15) is 13.2 Å². The number of carbonyl (C=O) groups is 3. The molecule has 58 heavy (non-hydrogen) atoms. The molecule has 0 radical (unpaired) electrons. The van der Waals surface area contributed by atoms with E-state index in [2.05, 4.69) is 118 Å². The first-order valence-corrected chi connectivity index (χ1v) is 22.9. The van der Waals surface area contributed by atoms with Crippen molar-refractivity contribution < 1.29 is 28.6 Å². The second-order valence-corrected chi connectivity index (χ2v) is 14.5. The number of esters is 3. The summed E-state index contributed by atoms with van der Waals surface area (Å²) in [4.78, 5) is 37.6. The van der Waals surface area contributed by atoms with Gasteiger partial charge >= 0.3 is 17.9 Å². The van der Waals surface area contributed by atoms with E-state index in [9.17, 15) is 14.4 Å². The predicted octanol–water partition coefficient (Wildman–Crippen LogP) is 14.8. The van der Waals surface area contributed by atoms with Crippen LogP contribution in [0.15, 0.2) is 109 Å². The Hall–Kier alpha value is -3.93. The van der Waals surface area contributed by atoms with Crippen LogP contribution >= 0.6 is 0 Å². The lowest BCUT2D eigenvalue weighted by molar-refractivity contribution is -0.166. The minimum absolute atomic E-state index is 0.124. The minimum Gasteiger partial charge on any atom is -0.462 e. The Labute approximate surface area is 355 Å². The highest BCUT2D eigenvalue weighted by Crippen LogP contribution is 2.11. The van der Waals surface area contributed by atoms with E-state index in [1.807, 2.05) is 12.2 Å². The number of rotatable bonds is 39. The summed E-state index contributed by atoms with van der Waals surface area (Å²) in [5.74, 6) is -1.07. The molecule has 0 saturated carbocycles. The molecule has 1 atom stereocenters. The molecular weight excluding hydrogens is 721 g/mol. The standard InChI is InChI=1S/C52H82O6/c1-4-7-10-13-16-19-21-23-24-25-26-27-28-29-31-33-36-39-42-45-51(54)57-48-49(47-56-50(53)44-41-38-35-32-18-15-12-9-6-3)58-52(55)46-43-40-37-34-30-22-20-17-14-11-8-5-2/h7,9-10,12,16-20,23-24,26-27,29,31-32,36,39,49H,4-6,8,11,13-15,21-22,25,28,30,33-35,37-38,40-48H2,1-3H3/b10-7-,12-9-,19-16-,20-17-,24-23-,27-26-,31-29-,32-18-,39-36-. The van der Waals surface area contributed by atoms with Crippen molar-refractivity contribution in [1.29, 1.82) is 0 Å². The zero-order valence-corrected chi connectivity index (χ0v) is 37.0. The first kappa shape index (κ1) is 54.1. The van der Waals surface area contributed by atoms with Crippen molar-refractivity contribution in [2.75, 3.05) is 13.2 Å².